The molecule has 0 aliphatic carbocycles. The highest BCUT2D eigenvalue weighted by atomic mass is 35.5. The van der Waals surface area contributed by atoms with E-state index in [1.54, 1.807) is 12.1 Å². The van der Waals surface area contributed by atoms with Crippen LogP contribution in [0.5, 0.6) is 0 Å². The molecule has 0 aliphatic rings. The Morgan fingerprint density at radius 3 is 2.75 bits per heavy atom. The monoisotopic (exact) mass is 311 g/mol. The molecule has 2 N–H and O–H groups in total. The summed E-state index contributed by atoms with van der Waals surface area (Å²) in [6.45, 7) is 0.127. The Balaban J connectivity index is 1.85. The second-order valence-corrected chi connectivity index (χ2v) is 5.51. The van der Waals surface area contributed by atoms with Crippen molar-refractivity contribution in [3.63, 3.8) is 0 Å². The molecular formula is C13H10ClNO4S. The van der Waals surface area contributed by atoms with E-state index in [9.17, 15) is 9.59 Å². The van der Waals surface area contributed by atoms with E-state index in [4.69, 9.17) is 21.1 Å². The maximum Gasteiger partial charge on any atom is 0.371 e. The molecule has 5 nitrogen and oxygen atoms in total. The standard InChI is InChI=1S/C13H10ClNO4S/c14-11-5-2-9(20-11)3-6-12(16)15-7-8-1-4-10(19-8)13(17)18/h1-6H,7H2,(H,15,16)(H,17,18)/b6-3+. The molecule has 104 valence electrons. The van der Waals surface area contributed by atoms with Gasteiger partial charge in [-0.1, -0.05) is 11.6 Å². The van der Waals surface area contributed by atoms with Crippen molar-refractivity contribution in [1.82, 2.24) is 5.32 Å². The maximum atomic E-state index is 11.6. The second kappa shape index (κ2) is 6.40. The summed E-state index contributed by atoms with van der Waals surface area (Å²) in [7, 11) is 0. The zero-order valence-corrected chi connectivity index (χ0v) is 11.7. The fraction of sp³-hybridized carbons (Fsp3) is 0.0769. The van der Waals surface area contributed by atoms with Gasteiger partial charge in [0.15, 0.2) is 0 Å². The number of carbonyl (C=O) groups is 2. The smallest absolute Gasteiger partial charge is 0.371 e. The minimum atomic E-state index is -1.14. The summed E-state index contributed by atoms with van der Waals surface area (Å²) in [6, 6.07) is 6.41. The van der Waals surface area contributed by atoms with Gasteiger partial charge < -0.3 is 14.8 Å². The van der Waals surface area contributed by atoms with Crippen molar-refractivity contribution in [3.05, 3.63) is 51.1 Å². The Morgan fingerprint density at radius 2 is 2.15 bits per heavy atom. The van der Waals surface area contributed by atoms with Crippen LogP contribution in [0.3, 0.4) is 0 Å². The van der Waals surface area contributed by atoms with Crippen LogP contribution in [-0.2, 0) is 11.3 Å². The lowest BCUT2D eigenvalue weighted by molar-refractivity contribution is -0.116. The summed E-state index contributed by atoms with van der Waals surface area (Å²) < 4.78 is 5.66. The number of thiophene rings is 1. The molecule has 0 aliphatic heterocycles. The molecule has 0 unspecified atom stereocenters. The van der Waals surface area contributed by atoms with E-state index < -0.39 is 5.97 Å². The molecule has 0 spiro atoms. The van der Waals surface area contributed by atoms with Gasteiger partial charge in [-0.3, -0.25) is 4.79 Å². The Morgan fingerprint density at radius 1 is 1.35 bits per heavy atom. The number of halogens is 1. The largest absolute Gasteiger partial charge is 0.475 e. The minimum absolute atomic E-state index is 0.127. The molecule has 0 saturated carbocycles. The molecule has 0 bridgehead atoms. The van der Waals surface area contributed by atoms with Crippen LogP contribution in [0, 0.1) is 0 Å². The quantitative estimate of drug-likeness (QED) is 0.832. The molecular weight excluding hydrogens is 302 g/mol. The number of hydrogen-bond donors (Lipinski definition) is 2. The van der Waals surface area contributed by atoms with Gasteiger partial charge in [0.1, 0.15) is 5.76 Å². The third-order valence-corrected chi connectivity index (χ3v) is 3.50. The third-order valence-electron chi connectivity index (χ3n) is 2.30. The first-order valence-electron chi connectivity index (χ1n) is 5.58. The maximum absolute atomic E-state index is 11.6. The predicted octanol–water partition coefficient (Wildman–Crippen LogP) is 3.02. The zero-order valence-electron chi connectivity index (χ0n) is 10.1. The van der Waals surface area contributed by atoms with Gasteiger partial charge in [0.25, 0.3) is 0 Å². The van der Waals surface area contributed by atoms with Crippen molar-refractivity contribution >= 4 is 40.9 Å². The van der Waals surface area contributed by atoms with Gasteiger partial charge in [-0.2, -0.15) is 0 Å². The first-order chi connectivity index (χ1) is 9.54. The van der Waals surface area contributed by atoms with E-state index in [-0.39, 0.29) is 18.2 Å². The molecule has 20 heavy (non-hydrogen) atoms. The van der Waals surface area contributed by atoms with Crippen molar-refractivity contribution in [2.45, 2.75) is 6.54 Å². The Kier molecular flexibility index (Phi) is 4.60. The first-order valence-corrected chi connectivity index (χ1v) is 6.77. The van der Waals surface area contributed by atoms with Crippen LogP contribution in [0.15, 0.2) is 34.8 Å². The number of hydrogen-bond acceptors (Lipinski definition) is 4. The van der Waals surface area contributed by atoms with Crippen molar-refractivity contribution in [2.24, 2.45) is 0 Å². The van der Waals surface area contributed by atoms with Crippen LogP contribution in [0.2, 0.25) is 4.34 Å². The van der Waals surface area contributed by atoms with Crippen LogP contribution < -0.4 is 5.32 Å². The molecule has 2 aromatic rings. The fourth-order valence-electron chi connectivity index (χ4n) is 1.40. The molecule has 0 aromatic carbocycles. The van der Waals surface area contributed by atoms with Crippen molar-refractivity contribution in [3.8, 4) is 0 Å². The first kappa shape index (κ1) is 14.4. The number of furan rings is 1. The van der Waals surface area contributed by atoms with Crippen molar-refractivity contribution in [1.29, 1.82) is 0 Å². The summed E-state index contributed by atoms with van der Waals surface area (Å²) in [5.74, 6) is -1.22. The fourth-order valence-corrected chi connectivity index (χ4v) is 2.36. The predicted molar refractivity (Wildman–Crippen MR) is 75.9 cm³/mol. The molecule has 1 amide bonds. The number of aromatic carboxylic acids is 1. The zero-order chi connectivity index (χ0) is 14.5. The van der Waals surface area contributed by atoms with Crippen LogP contribution in [0.25, 0.3) is 6.08 Å². The topological polar surface area (TPSA) is 79.5 Å². The summed E-state index contributed by atoms with van der Waals surface area (Å²) in [5, 5.41) is 11.3. The van der Waals surface area contributed by atoms with Gasteiger partial charge in [0.05, 0.1) is 10.9 Å². The highest BCUT2D eigenvalue weighted by molar-refractivity contribution is 7.17. The van der Waals surface area contributed by atoms with Gasteiger partial charge in [-0.15, -0.1) is 11.3 Å². The average molecular weight is 312 g/mol. The summed E-state index contributed by atoms with van der Waals surface area (Å²) >= 11 is 7.13. The molecule has 2 aromatic heterocycles. The van der Waals surface area contributed by atoms with Gasteiger partial charge in [0.2, 0.25) is 11.7 Å². The van der Waals surface area contributed by atoms with Crippen LogP contribution >= 0.6 is 22.9 Å². The Labute approximate surface area is 123 Å². The Bertz CT molecular complexity index is 659. The molecule has 7 heteroatoms. The number of nitrogens with one attached hydrogen (secondary N) is 1. The molecule has 0 saturated heterocycles. The highest BCUT2D eigenvalue weighted by Crippen LogP contribution is 2.22. The summed E-state index contributed by atoms with van der Waals surface area (Å²) in [6.07, 6.45) is 3.03. The molecule has 0 atom stereocenters. The molecule has 0 radical (unpaired) electrons. The summed E-state index contributed by atoms with van der Waals surface area (Å²) in [5.41, 5.74) is 0. The van der Waals surface area contributed by atoms with Gasteiger partial charge in [-0.25, -0.2) is 4.79 Å². The van der Waals surface area contributed by atoms with Crippen LogP contribution in [-0.4, -0.2) is 17.0 Å². The normalized spacial score (nSPS) is 10.8. The number of amides is 1. The van der Waals surface area contributed by atoms with E-state index in [2.05, 4.69) is 5.32 Å². The van der Waals surface area contributed by atoms with Gasteiger partial charge >= 0.3 is 5.97 Å². The molecule has 0 fully saturated rings. The van der Waals surface area contributed by atoms with Crippen LogP contribution in [0.4, 0.5) is 0 Å². The lowest BCUT2D eigenvalue weighted by atomic mass is 10.4. The number of rotatable bonds is 5. The number of carboxylic acid groups (broad SMARTS) is 1. The van der Waals surface area contributed by atoms with Gasteiger partial charge in [-0.05, 0) is 30.3 Å². The Hall–Kier alpha value is -2.05. The number of carbonyl (C=O) groups excluding carboxylic acids is 1. The van der Waals surface area contributed by atoms with E-state index >= 15 is 0 Å². The minimum Gasteiger partial charge on any atom is -0.475 e. The average Bonchev–Trinajstić information content (AvgIpc) is 3.03. The highest BCUT2D eigenvalue weighted by Gasteiger charge is 2.08. The lowest BCUT2D eigenvalue weighted by Crippen LogP contribution is -2.19. The van der Waals surface area contributed by atoms with Crippen molar-refractivity contribution in [2.75, 3.05) is 0 Å². The van der Waals surface area contributed by atoms with E-state index in [0.29, 0.717) is 10.1 Å². The number of carboxylic acids is 1. The van der Waals surface area contributed by atoms with Crippen molar-refractivity contribution < 1.29 is 19.1 Å². The third kappa shape index (κ3) is 3.97. The van der Waals surface area contributed by atoms with E-state index in [1.165, 1.54) is 29.5 Å². The summed E-state index contributed by atoms with van der Waals surface area (Å²) in [4.78, 5) is 23.0. The molecule has 2 heterocycles. The van der Waals surface area contributed by atoms with E-state index in [0.717, 1.165) is 4.88 Å². The second-order valence-electron chi connectivity index (χ2n) is 3.76. The van der Waals surface area contributed by atoms with E-state index in [1.807, 2.05) is 6.07 Å². The SMILES string of the molecule is O=C(/C=C/c1ccc(Cl)s1)NCc1ccc(C(=O)O)o1. The lowest BCUT2D eigenvalue weighted by Gasteiger charge is -1.98. The van der Waals surface area contributed by atoms with Crippen LogP contribution in [0.1, 0.15) is 21.2 Å². The van der Waals surface area contributed by atoms with Gasteiger partial charge in [0, 0.05) is 11.0 Å². The molecule has 2 rings (SSSR count).